The van der Waals surface area contributed by atoms with Gasteiger partial charge in [-0.1, -0.05) is 74.5 Å². The molecule has 0 bridgehead atoms. The first kappa shape index (κ1) is 24.9. The van der Waals surface area contributed by atoms with Gasteiger partial charge in [0.2, 0.25) is 0 Å². The van der Waals surface area contributed by atoms with Crippen molar-refractivity contribution in [3.05, 3.63) is 71.8 Å². The Morgan fingerprint density at radius 1 is 1.00 bits per heavy atom. The largest absolute Gasteiger partial charge is 0.469 e. The van der Waals surface area contributed by atoms with Crippen LogP contribution in [0.5, 0.6) is 0 Å². The molecule has 2 aromatic rings. The van der Waals surface area contributed by atoms with Gasteiger partial charge in [0.15, 0.2) is 0 Å². The number of carbonyl (C=O) groups excluding carboxylic acids is 1. The number of hydrogen-bond donors (Lipinski definition) is 5. The first-order valence-electron chi connectivity index (χ1n) is 10.6. The number of aliphatic hydroxyl groups is 1. The molecule has 0 radical (unpaired) electrons. The molecule has 0 saturated carbocycles. The van der Waals surface area contributed by atoms with Crippen molar-refractivity contribution in [2.75, 3.05) is 6.54 Å². The SMILES string of the molecule is CC(C)C[C@H](NC[C@H](O)[C@@H](Cc1ccccc1)NC(=O)OCc1ccccc1)B(O)O. The molecule has 5 N–H and O–H groups in total. The molecule has 0 spiro atoms. The summed E-state index contributed by atoms with van der Waals surface area (Å²) in [7, 11) is -1.54. The van der Waals surface area contributed by atoms with Gasteiger partial charge in [0.05, 0.1) is 12.1 Å². The minimum Gasteiger partial charge on any atom is -0.445 e. The van der Waals surface area contributed by atoms with Gasteiger partial charge in [0.25, 0.3) is 0 Å². The summed E-state index contributed by atoms with van der Waals surface area (Å²) in [6, 6.07) is 18.3. The van der Waals surface area contributed by atoms with Crippen molar-refractivity contribution in [3.8, 4) is 0 Å². The fourth-order valence-corrected chi connectivity index (χ4v) is 3.30. The number of alkyl carbamates (subject to hydrolysis) is 1. The van der Waals surface area contributed by atoms with E-state index in [1.54, 1.807) is 0 Å². The molecule has 3 atom stereocenters. The fraction of sp³-hybridized carbons (Fsp3) is 0.435. The Bertz CT molecular complexity index is 761. The van der Waals surface area contributed by atoms with Gasteiger partial charge in [0.1, 0.15) is 6.61 Å². The molecule has 0 aliphatic carbocycles. The molecule has 31 heavy (non-hydrogen) atoms. The van der Waals surface area contributed by atoms with E-state index in [4.69, 9.17) is 4.74 Å². The Hall–Kier alpha value is -2.39. The minimum absolute atomic E-state index is 0.0888. The van der Waals surface area contributed by atoms with Crippen LogP contribution in [-0.2, 0) is 17.8 Å². The normalized spacial score (nSPS) is 14.0. The van der Waals surface area contributed by atoms with E-state index >= 15 is 0 Å². The average Bonchev–Trinajstić information content (AvgIpc) is 2.75. The van der Waals surface area contributed by atoms with Gasteiger partial charge in [-0.15, -0.1) is 0 Å². The Labute approximate surface area is 184 Å². The van der Waals surface area contributed by atoms with E-state index in [0.717, 1.165) is 11.1 Å². The third-order valence-electron chi connectivity index (χ3n) is 4.95. The molecule has 0 unspecified atom stereocenters. The molecule has 7 nitrogen and oxygen atoms in total. The Morgan fingerprint density at radius 2 is 1.58 bits per heavy atom. The van der Waals surface area contributed by atoms with E-state index in [1.165, 1.54) is 0 Å². The second-order valence-electron chi connectivity index (χ2n) is 8.13. The van der Waals surface area contributed by atoms with Gasteiger partial charge in [0, 0.05) is 12.5 Å². The van der Waals surface area contributed by atoms with E-state index in [9.17, 15) is 19.9 Å². The average molecular weight is 428 g/mol. The van der Waals surface area contributed by atoms with Gasteiger partial charge in [-0.05, 0) is 29.9 Å². The van der Waals surface area contributed by atoms with Crippen LogP contribution in [0, 0.1) is 5.92 Å². The third-order valence-corrected chi connectivity index (χ3v) is 4.95. The van der Waals surface area contributed by atoms with Gasteiger partial charge >= 0.3 is 13.2 Å². The van der Waals surface area contributed by atoms with Crippen molar-refractivity contribution < 1.29 is 24.7 Å². The Morgan fingerprint density at radius 3 is 2.13 bits per heavy atom. The van der Waals surface area contributed by atoms with E-state index in [-0.39, 0.29) is 19.1 Å². The van der Waals surface area contributed by atoms with Crippen LogP contribution >= 0.6 is 0 Å². The fourth-order valence-electron chi connectivity index (χ4n) is 3.30. The summed E-state index contributed by atoms with van der Waals surface area (Å²) >= 11 is 0. The molecule has 2 aromatic carbocycles. The Kier molecular flexibility index (Phi) is 10.5. The van der Waals surface area contributed by atoms with E-state index in [1.807, 2.05) is 74.5 Å². The monoisotopic (exact) mass is 428 g/mol. The third kappa shape index (κ3) is 9.52. The highest BCUT2D eigenvalue weighted by Crippen LogP contribution is 2.10. The summed E-state index contributed by atoms with van der Waals surface area (Å²) in [6.45, 7) is 4.18. The van der Waals surface area contributed by atoms with Gasteiger partial charge in [-0.25, -0.2) is 4.79 Å². The number of carbonyl (C=O) groups is 1. The summed E-state index contributed by atoms with van der Waals surface area (Å²) in [4.78, 5) is 12.4. The lowest BCUT2D eigenvalue weighted by molar-refractivity contribution is 0.0990. The van der Waals surface area contributed by atoms with Gasteiger partial charge < -0.3 is 30.5 Å². The van der Waals surface area contributed by atoms with Crippen LogP contribution in [-0.4, -0.2) is 53.0 Å². The molecule has 0 heterocycles. The summed E-state index contributed by atoms with van der Waals surface area (Å²) in [5, 5.41) is 35.7. The molecule has 0 aliphatic rings. The Balaban J connectivity index is 1.98. The summed E-state index contributed by atoms with van der Waals surface area (Å²) in [5.41, 5.74) is 1.82. The van der Waals surface area contributed by atoms with Crippen LogP contribution < -0.4 is 10.6 Å². The maximum absolute atomic E-state index is 12.4. The quantitative estimate of drug-likeness (QED) is 0.330. The number of benzene rings is 2. The number of ether oxygens (including phenoxy) is 1. The van der Waals surface area contributed by atoms with Crippen LogP contribution in [0.2, 0.25) is 0 Å². The lowest BCUT2D eigenvalue weighted by Gasteiger charge is -2.27. The van der Waals surface area contributed by atoms with Crippen LogP contribution in [0.25, 0.3) is 0 Å². The van der Waals surface area contributed by atoms with E-state index < -0.39 is 31.3 Å². The molecule has 168 valence electrons. The van der Waals surface area contributed by atoms with Gasteiger partial charge in [-0.2, -0.15) is 0 Å². The first-order valence-corrected chi connectivity index (χ1v) is 10.6. The molecule has 0 aliphatic heterocycles. The van der Waals surface area contributed by atoms with Crippen molar-refractivity contribution in [1.82, 2.24) is 10.6 Å². The zero-order valence-corrected chi connectivity index (χ0v) is 18.1. The summed E-state index contributed by atoms with van der Waals surface area (Å²) in [5.74, 6) is -0.320. The predicted octanol–water partition coefficient (Wildman–Crippen LogP) is 1.90. The number of hydrogen-bond acceptors (Lipinski definition) is 6. The maximum atomic E-state index is 12.4. The lowest BCUT2D eigenvalue weighted by Crippen LogP contribution is -2.53. The second-order valence-corrected chi connectivity index (χ2v) is 8.13. The maximum Gasteiger partial charge on any atom is 0.469 e. The number of amides is 1. The van der Waals surface area contributed by atoms with Crippen molar-refractivity contribution >= 4 is 13.2 Å². The molecule has 8 heteroatoms. The number of nitrogens with one attached hydrogen (secondary N) is 2. The van der Waals surface area contributed by atoms with Crippen LogP contribution in [0.15, 0.2) is 60.7 Å². The number of aliphatic hydroxyl groups excluding tert-OH is 1. The zero-order valence-electron chi connectivity index (χ0n) is 18.1. The first-order chi connectivity index (χ1) is 14.8. The molecular weight excluding hydrogens is 395 g/mol. The molecule has 0 fully saturated rings. The highest BCUT2D eigenvalue weighted by atomic mass is 16.5. The van der Waals surface area contributed by atoms with Crippen molar-refractivity contribution in [1.29, 1.82) is 0 Å². The van der Waals surface area contributed by atoms with Crippen molar-refractivity contribution in [2.24, 2.45) is 5.92 Å². The highest BCUT2D eigenvalue weighted by molar-refractivity contribution is 6.43. The zero-order chi connectivity index (χ0) is 22.6. The smallest absolute Gasteiger partial charge is 0.445 e. The van der Waals surface area contributed by atoms with Crippen LogP contribution in [0.1, 0.15) is 31.4 Å². The van der Waals surface area contributed by atoms with Crippen molar-refractivity contribution in [2.45, 2.75) is 51.4 Å². The lowest BCUT2D eigenvalue weighted by atomic mass is 9.75. The molecule has 2 rings (SSSR count). The summed E-state index contributed by atoms with van der Waals surface area (Å²) in [6.07, 6.45) is -0.636. The summed E-state index contributed by atoms with van der Waals surface area (Å²) < 4.78 is 5.30. The molecule has 0 saturated heterocycles. The second kappa shape index (κ2) is 13.1. The molecule has 0 aromatic heterocycles. The molecule has 1 amide bonds. The molecular formula is C23H33BN2O5. The van der Waals surface area contributed by atoms with Gasteiger partial charge in [-0.3, -0.25) is 0 Å². The van der Waals surface area contributed by atoms with E-state index in [0.29, 0.717) is 12.8 Å². The number of rotatable bonds is 12. The van der Waals surface area contributed by atoms with Crippen LogP contribution in [0.3, 0.4) is 0 Å². The van der Waals surface area contributed by atoms with E-state index in [2.05, 4.69) is 10.6 Å². The topological polar surface area (TPSA) is 111 Å². The van der Waals surface area contributed by atoms with Crippen LogP contribution in [0.4, 0.5) is 4.79 Å². The van der Waals surface area contributed by atoms with Crippen molar-refractivity contribution in [3.63, 3.8) is 0 Å². The minimum atomic E-state index is -1.54. The predicted molar refractivity (Wildman–Crippen MR) is 121 cm³/mol. The standard InChI is InChI=1S/C23H33BN2O5/c1-17(2)13-22(24(29)30)25-15-21(27)20(14-18-9-5-3-6-10-18)26-23(28)31-16-19-11-7-4-8-12-19/h3-12,17,20-22,25,27,29-30H,13-16H2,1-2H3,(H,26,28)/t20-,21+,22+/m1/s1. The highest BCUT2D eigenvalue weighted by Gasteiger charge is 2.27.